The first-order valence-electron chi connectivity index (χ1n) is 3.73. The van der Waals surface area contributed by atoms with Crippen molar-refractivity contribution in [2.24, 2.45) is 0 Å². The van der Waals surface area contributed by atoms with Crippen molar-refractivity contribution in [1.82, 2.24) is 4.98 Å². The molecule has 0 saturated carbocycles. The Bertz CT molecular complexity index is 283. The smallest absolute Gasteiger partial charge is 0.143 e. The summed E-state index contributed by atoms with van der Waals surface area (Å²) in [6, 6.07) is 0. The van der Waals surface area contributed by atoms with Gasteiger partial charge in [-0.25, -0.2) is 4.98 Å². The molecule has 0 bridgehead atoms. The molecule has 0 radical (unpaired) electrons. The molecule has 60 valence electrons. The molecule has 1 fully saturated rings. The fourth-order valence-electron chi connectivity index (χ4n) is 1.14. The number of hydrogen-bond donors (Lipinski definition) is 0. The molecule has 1 aliphatic rings. The van der Waals surface area contributed by atoms with E-state index in [9.17, 15) is 0 Å². The quantitative estimate of drug-likeness (QED) is 0.601. The lowest BCUT2D eigenvalue weighted by molar-refractivity contribution is 0.315. The lowest BCUT2D eigenvalue weighted by Gasteiger charge is -1.97. The lowest BCUT2D eigenvalue weighted by Crippen LogP contribution is -2.04. The summed E-state index contributed by atoms with van der Waals surface area (Å²) in [4.78, 5) is 4.39. The van der Waals surface area contributed by atoms with Gasteiger partial charge in [0.1, 0.15) is 10.6 Å². The van der Waals surface area contributed by atoms with Gasteiger partial charge in [0, 0.05) is 11.1 Å². The van der Waals surface area contributed by atoms with Crippen LogP contribution in [0.5, 0.6) is 0 Å². The third kappa shape index (κ3) is 0.993. The fourth-order valence-corrected chi connectivity index (χ4v) is 2.12. The Hall–Kier alpha value is -0.410. The first-order chi connectivity index (χ1) is 5.13. The summed E-state index contributed by atoms with van der Waals surface area (Å²) in [5.41, 5.74) is 1.02. The van der Waals surface area contributed by atoms with Gasteiger partial charge in [-0.3, -0.25) is 0 Å². The molecule has 3 heteroatoms. The number of hydrogen-bond acceptors (Lipinski definition) is 3. The Morgan fingerprint density at radius 1 is 1.73 bits per heavy atom. The van der Waals surface area contributed by atoms with E-state index < -0.39 is 0 Å². The molecule has 0 aliphatic carbocycles. The number of aryl methyl sites for hydroxylation is 1. The van der Waals surface area contributed by atoms with Crippen LogP contribution >= 0.6 is 11.3 Å². The van der Waals surface area contributed by atoms with Crippen molar-refractivity contribution in [3.05, 3.63) is 16.1 Å². The van der Waals surface area contributed by atoms with Crippen molar-refractivity contribution in [2.45, 2.75) is 32.5 Å². The molecular formula is C8H11NOS. The van der Waals surface area contributed by atoms with Gasteiger partial charge in [0.15, 0.2) is 0 Å². The highest BCUT2D eigenvalue weighted by atomic mass is 32.1. The van der Waals surface area contributed by atoms with Crippen LogP contribution in [0.2, 0.25) is 0 Å². The first kappa shape index (κ1) is 7.25. The van der Waals surface area contributed by atoms with Crippen LogP contribution in [0.1, 0.15) is 24.5 Å². The van der Waals surface area contributed by atoms with Crippen LogP contribution in [0.25, 0.3) is 0 Å². The molecule has 1 aliphatic heterocycles. The highest BCUT2D eigenvalue weighted by Gasteiger charge is 2.52. The highest BCUT2D eigenvalue weighted by molar-refractivity contribution is 7.09. The summed E-state index contributed by atoms with van der Waals surface area (Å²) in [6.45, 7) is 6.18. The van der Waals surface area contributed by atoms with E-state index in [4.69, 9.17) is 4.74 Å². The Balaban J connectivity index is 2.31. The van der Waals surface area contributed by atoms with Gasteiger partial charge in [-0.15, -0.1) is 11.3 Å². The fraction of sp³-hybridized carbons (Fsp3) is 0.625. The molecular weight excluding hydrogens is 158 g/mol. The zero-order chi connectivity index (χ0) is 8.06. The average Bonchev–Trinajstić information content (AvgIpc) is 2.44. The summed E-state index contributed by atoms with van der Waals surface area (Å²) in [5.74, 6) is 0. The number of ether oxygens (including phenoxy) is 1. The van der Waals surface area contributed by atoms with E-state index in [1.165, 1.54) is 0 Å². The molecule has 11 heavy (non-hydrogen) atoms. The van der Waals surface area contributed by atoms with Crippen molar-refractivity contribution in [3.63, 3.8) is 0 Å². The topological polar surface area (TPSA) is 25.4 Å². The van der Waals surface area contributed by atoms with Gasteiger partial charge >= 0.3 is 0 Å². The number of rotatable bonds is 1. The Morgan fingerprint density at radius 2 is 2.36 bits per heavy atom. The maximum atomic E-state index is 5.45. The summed E-state index contributed by atoms with van der Waals surface area (Å²) in [6.07, 6.45) is 0.341. The molecule has 0 amide bonds. The van der Waals surface area contributed by atoms with Crippen LogP contribution in [0.3, 0.4) is 0 Å². The van der Waals surface area contributed by atoms with Crippen LogP contribution in [-0.4, -0.2) is 11.1 Å². The van der Waals surface area contributed by atoms with Crippen molar-refractivity contribution in [1.29, 1.82) is 0 Å². The molecule has 0 N–H and O–H groups in total. The second-order valence-electron chi connectivity index (χ2n) is 3.16. The normalized spacial score (nSPS) is 35.7. The Labute approximate surface area is 70.2 Å². The van der Waals surface area contributed by atoms with Gasteiger partial charge in [0.2, 0.25) is 0 Å². The van der Waals surface area contributed by atoms with Gasteiger partial charge < -0.3 is 4.74 Å². The van der Waals surface area contributed by atoms with E-state index in [-0.39, 0.29) is 5.60 Å². The van der Waals surface area contributed by atoms with E-state index in [0.717, 1.165) is 10.7 Å². The third-order valence-corrected chi connectivity index (χ3v) is 3.36. The van der Waals surface area contributed by atoms with Gasteiger partial charge in [-0.2, -0.15) is 0 Å². The minimum absolute atomic E-state index is 0.0705. The van der Waals surface area contributed by atoms with Crippen molar-refractivity contribution in [3.8, 4) is 0 Å². The largest absolute Gasteiger partial charge is 0.359 e. The van der Waals surface area contributed by atoms with Crippen molar-refractivity contribution in [2.75, 3.05) is 0 Å². The predicted molar refractivity (Wildman–Crippen MR) is 44.8 cm³/mol. The molecule has 2 atom stereocenters. The number of nitrogens with zero attached hydrogens (tertiary/aromatic N) is 1. The molecule has 1 saturated heterocycles. The first-order valence-corrected chi connectivity index (χ1v) is 4.61. The lowest BCUT2D eigenvalue weighted by atomic mass is 10.1. The van der Waals surface area contributed by atoms with Gasteiger partial charge in [0.25, 0.3) is 0 Å². The van der Waals surface area contributed by atoms with E-state index in [2.05, 4.69) is 24.2 Å². The second-order valence-corrected chi connectivity index (χ2v) is 4.02. The second kappa shape index (κ2) is 2.05. The van der Waals surface area contributed by atoms with Crippen molar-refractivity contribution >= 4 is 11.3 Å². The number of thiazole rings is 1. The summed E-state index contributed by atoms with van der Waals surface area (Å²) >= 11 is 1.69. The van der Waals surface area contributed by atoms with Gasteiger partial charge in [-0.1, -0.05) is 0 Å². The molecule has 0 spiro atoms. The third-order valence-electron chi connectivity index (χ3n) is 2.18. The molecule has 0 aromatic carbocycles. The molecule has 1 aromatic heterocycles. The standard InChI is InChI=1S/C8H11NOS/c1-5-4-11-7(9-5)8(3)6(2)10-8/h4,6H,1-3H3/t6-,8+/m1/s1. The molecule has 1 aromatic rings. The van der Waals surface area contributed by atoms with Crippen molar-refractivity contribution < 1.29 is 4.74 Å². The monoisotopic (exact) mass is 169 g/mol. The van der Waals surface area contributed by atoms with Crippen LogP contribution < -0.4 is 0 Å². The minimum Gasteiger partial charge on any atom is -0.359 e. The Kier molecular flexibility index (Phi) is 1.35. The van der Waals surface area contributed by atoms with Crippen LogP contribution in [-0.2, 0) is 10.3 Å². The summed E-state index contributed by atoms with van der Waals surface area (Å²) in [5, 5.41) is 3.18. The predicted octanol–water partition coefficient (Wildman–Crippen LogP) is 2.09. The molecule has 2 heterocycles. The van der Waals surface area contributed by atoms with E-state index in [1.54, 1.807) is 11.3 Å². The van der Waals surface area contributed by atoms with E-state index >= 15 is 0 Å². The highest BCUT2D eigenvalue weighted by Crippen LogP contribution is 2.46. The summed E-state index contributed by atoms with van der Waals surface area (Å²) in [7, 11) is 0. The molecule has 0 unspecified atom stereocenters. The number of epoxide rings is 1. The van der Waals surface area contributed by atoms with E-state index in [1.807, 2.05) is 6.92 Å². The van der Waals surface area contributed by atoms with Gasteiger partial charge in [-0.05, 0) is 20.8 Å². The van der Waals surface area contributed by atoms with Crippen LogP contribution in [0.4, 0.5) is 0 Å². The SMILES string of the molecule is Cc1csc([C@@]2(C)O[C@@H]2C)n1. The maximum absolute atomic E-state index is 5.45. The number of aromatic nitrogens is 1. The zero-order valence-electron chi connectivity index (χ0n) is 6.92. The average molecular weight is 169 g/mol. The Morgan fingerprint density at radius 3 is 2.73 bits per heavy atom. The zero-order valence-corrected chi connectivity index (χ0v) is 7.73. The molecule has 2 nitrogen and oxygen atoms in total. The van der Waals surface area contributed by atoms with Crippen LogP contribution in [0, 0.1) is 6.92 Å². The van der Waals surface area contributed by atoms with Crippen LogP contribution in [0.15, 0.2) is 5.38 Å². The van der Waals surface area contributed by atoms with E-state index in [0.29, 0.717) is 6.10 Å². The van der Waals surface area contributed by atoms with Gasteiger partial charge in [0.05, 0.1) is 6.10 Å². The molecule has 2 rings (SSSR count). The minimum atomic E-state index is -0.0705. The maximum Gasteiger partial charge on any atom is 0.143 e. The summed E-state index contributed by atoms with van der Waals surface area (Å²) < 4.78 is 5.45.